The Balaban J connectivity index is 0.00000160. The Labute approximate surface area is 268 Å². The topological polar surface area (TPSA) is 81.6 Å². The summed E-state index contributed by atoms with van der Waals surface area (Å²) in [5.41, 5.74) is 0.783. The van der Waals surface area contributed by atoms with Crippen molar-refractivity contribution < 1.29 is 23.6 Å². The highest BCUT2D eigenvalue weighted by Crippen LogP contribution is 2.47. The first-order valence-electron chi connectivity index (χ1n) is 16.3. The summed E-state index contributed by atoms with van der Waals surface area (Å²) in [5, 5.41) is 6.48. The molecule has 0 spiro atoms. The Bertz CT molecular complexity index is 1700. The van der Waals surface area contributed by atoms with Gasteiger partial charge in [-0.1, -0.05) is 55.8 Å². The second kappa shape index (κ2) is 12.2. The number of piperazine rings is 1. The predicted molar refractivity (Wildman–Crippen MR) is 174 cm³/mol. The zero-order chi connectivity index (χ0) is 31.2. The van der Waals surface area contributed by atoms with Gasteiger partial charge in [-0.25, -0.2) is 4.39 Å². The highest BCUT2D eigenvalue weighted by atomic mass is 35.5. The maximum atomic E-state index is 16.7. The van der Waals surface area contributed by atoms with Gasteiger partial charge in [-0.05, 0) is 29.3 Å². The SMILES string of the molecule is CC.COO[N+]12CCCC1(COc1nc(N3CC4CCC(C3)N4)c3cnc(-c4cccc5cccc(Cl)c45)c(F)c3n1)CCC2. The molecule has 4 aliphatic heterocycles. The molecular weight excluding hydrogens is 595 g/mol. The first-order chi connectivity index (χ1) is 22.0. The zero-order valence-corrected chi connectivity index (χ0v) is 26.9. The fraction of sp³-hybridized carbons (Fsp3) is 0.500. The van der Waals surface area contributed by atoms with E-state index in [0.29, 0.717) is 45.1 Å². The molecule has 0 amide bonds. The number of ether oxygens (including phenoxy) is 1. The second-order valence-electron chi connectivity index (χ2n) is 12.5. The standard InChI is InChI=1S/C32H35ClFN6O3.C2H6/c1-41-43-40-14-4-12-32(40,13-5-15-40)19-42-31-37-29-24(30(38-31)39-17-21-10-11-22(18-39)36-21)16-35-28(27(29)34)23-8-2-6-20-7-3-9-25(33)26(20)23;1-2/h2-3,6-9,16,21-22,36H,4-5,10-15,17-19H2,1H3;1-2H3/q+1;. The molecule has 6 heterocycles. The molecule has 2 bridgehead atoms. The Morgan fingerprint density at radius 1 is 1.04 bits per heavy atom. The summed E-state index contributed by atoms with van der Waals surface area (Å²) >= 11 is 6.62. The summed E-state index contributed by atoms with van der Waals surface area (Å²) in [7, 11) is 1.56. The van der Waals surface area contributed by atoms with E-state index in [1.165, 1.54) is 0 Å². The van der Waals surface area contributed by atoms with Crippen LogP contribution in [0.3, 0.4) is 0 Å². The van der Waals surface area contributed by atoms with Gasteiger partial charge in [-0.3, -0.25) is 4.98 Å². The van der Waals surface area contributed by atoms with Crippen LogP contribution in [0.4, 0.5) is 10.2 Å². The van der Waals surface area contributed by atoms with Gasteiger partial charge in [0.15, 0.2) is 11.4 Å². The molecule has 238 valence electrons. The molecule has 2 aromatic heterocycles. The summed E-state index contributed by atoms with van der Waals surface area (Å²) in [6.45, 7) is 7.70. The maximum Gasteiger partial charge on any atom is 0.319 e. The van der Waals surface area contributed by atoms with E-state index in [9.17, 15) is 0 Å². The summed E-state index contributed by atoms with van der Waals surface area (Å²) in [5.74, 6) is 0.154. The number of anilines is 1. The predicted octanol–water partition coefficient (Wildman–Crippen LogP) is 6.62. The minimum absolute atomic E-state index is 0.170. The van der Waals surface area contributed by atoms with Gasteiger partial charge < -0.3 is 15.0 Å². The molecule has 11 heteroatoms. The van der Waals surface area contributed by atoms with Crippen molar-refractivity contribution in [1.29, 1.82) is 0 Å². The fourth-order valence-corrected chi connectivity index (χ4v) is 8.46. The Hall–Kier alpha value is -3.15. The van der Waals surface area contributed by atoms with Crippen molar-refractivity contribution in [1.82, 2.24) is 20.3 Å². The highest BCUT2D eigenvalue weighted by molar-refractivity contribution is 6.36. The van der Waals surface area contributed by atoms with Crippen LogP contribution in [0.5, 0.6) is 6.01 Å². The Kier molecular flexibility index (Phi) is 8.29. The molecule has 4 fully saturated rings. The summed E-state index contributed by atoms with van der Waals surface area (Å²) in [4.78, 5) is 27.6. The molecule has 0 aliphatic carbocycles. The van der Waals surface area contributed by atoms with E-state index in [2.05, 4.69) is 15.2 Å². The van der Waals surface area contributed by atoms with Crippen LogP contribution >= 0.6 is 11.6 Å². The summed E-state index contributed by atoms with van der Waals surface area (Å²) in [6.07, 6.45) is 7.91. The highest BCUT2D eigenvalue weighted by Gasteiger charge is 2.62. The summed E-state index contributed by atoms with van der Waals surface area (Å²) < 4.78 is 23.6. The van der Waals surface area contributed by atoms with Crippen LogP contribution < -0.4 is 15.0 Å². The van der Waals surface area contributed by atoms with Gasteiger partial charge in [0, 0.05) is 73.0 Å². The van der Waals surface area contributed by atoms with Crippen molar-refractivity contribution in [3.63, 3.8) is 0 Å². The average molecular weight is 636 g/mol. The number of rotatable bonds is 7. The third-order valence-electron chi connectivity index (χ3n) is 10.1. The number of hydrogen-bond acceptors (Lipinski definition) is 8. The molecule has 0 saturated carbocycles. The molecular formula is C34H41ClFN6O3+. The van der Waals surface area contributed by atoms with Gasteiger partial charge in [0.05, 0.1) is 12.5 Å². The number of hydrogen-bond donors (Lipinski definition) is 1. The normalized spacial score (nSPS) is 27.1. The van der Waals surface area contributed by atoms with Crippen LogP contribution in [-0.4, -0.2) is 77.1 Å². The molecule has 2 unspecified atom stereocenters. The fourth-order valence-electron chi connectivity index (χ4n) is 8.18. The lowest BCUT2D eigenvalue weighted by Gasteiger charge is -2.38. The minimum Gasteiger partial charge on any atom is -0.457 e. The quantitative estimate of drug-likeness (QED) is 0.138. The molecule has 1 N–H and O–H groups in total. The summed E-state index contributed by atoms with van der Waals surface area (Å²) in [6, 6.07) is 12.3. The molecule has 2 aromatic carbocycles. The van der Waals surface area contributed by atoms with Crippen LogP contribution in [0.15, 0.2) is 42.6 Å². The molecule has 0 radical (unpaired) electrons. The number of aromatic nitrogens is 3. The van der Waals surface area contributed by atoms with Gasteiger partial charge in [0.2, 0.25) is 0 Å². The monoisotopic (exact) mass is 635 g/mol. The molecule has 45 heavy (non-hydrogen) atoms. The van der Waals surface area contributed by atoms with Crippen molar-refractivity contribution in [2.75, 3.05) is 44.8 Å². The van der Waals surface area contributed by atoms with Crippen LogP contribution in [-0.2, 0) is 9.88 Å². The van der Waals surface area contributed by atoms with E-state index in [1.807, 2.05) is 50.2 Å². The molecule has 8 rings (SSSR count). The van der Waals surface area contributed by atoms with Crippen LogP contribution in [0.2, 0.25) is 5.02 Å². The number of pyridine rings is 1. The molecule has 4 saturated heterocycles. The van der Waals surface area contributed by atoms with Gasteiger partial charge in [-0.15, -0.1) is 4.65 Å². The van der Waals surface area contributed by atoms with E-state index in [0.717, 1.165) is 75.5 Å². The average Bonchev–Trinajstić information content (AvgIpc) is 3.70. The number of nitrogens with zero attached hydrogens (tertiary/aromatic N) is 5. The van der Waals surface area contributed by atoms with E-state index in [1.54, 1.807) is 13.3 Å². The molecule has 4 aliphatic rings. The van der Waals surface area contributed by atoms with Gasteiger partial charge in [0.1, 0.15) is 36.7 Å². The second-order valence-corrected chi connectivity index (χ2v) is 12.9. The van der Waals surface area contributed by atoms with Crippen molar-refractivity contribution in [3.8, 4) is 17.3 Å². The van der Waals surface area contributed by atoms with E-state index < -0.39 is 5.82 Å². The third kappa shape index (κ3) is 5.11. The largest absolute Gasteiger partial charge is 0.457 e. The van der Waals surface area contributed by atoms with Gasteiger partial charge >= 0.3 is 6.01 Å². The first kappa shape index (κ1) is 30.5. The van der Waals surface area contributed by atoms with Crippen LogP contribution in [0.25, 0.3) is 32.9 Å². The first-order valence-corrected chi connectivity index (χ1v) is 16.6. The number of fused-ring (bicyclic) bond motifs is 5. The van der Waals surface area contributed by atoms with Crippen LogP contribution in [0, 0.1) is 5.82 Å². The zero-order valence-electron chi connectivity index (χ0n) is 26.2. The lowest BCUT2D eigenvalue weighted by molar-refractivity contribution is -1.16. The number of quaternary nitrogens is 1. The van der Waals surface area contributed by atoms with E-state index >= 15 is 4.39 Å². The van der Waals surface area contributed by atoms with Crippen molar-refractivity contribution in [3.05, 3.63) is 53.4 Å². The Morgan fingerprint density at radius 2 is 1.76 bits per heavy atom. The van der Waals surface area contributed by atoms with Gasteiger partial charge in [-0.2, -0.15) is 14.9 Å². The minimum atomic E-state index is -0.510. The number of benzene rings is 2. The van der Waals surface area contributed by atoms with E-state index in [-0.39, 0.29) is 22.8 Å². The van der Waals surface area contributed by atoms with Gasteiger partial charge in [0.25, 0.3) is 0 Å². The lowest BCUT2D eigenvalue weighted by atomic mass is 9.95. The third-order valence-corrected chi connectivity index (χ3v) is 10.5. The van der Waals surface area contributed by atoms with Crippen molar-refractivity contribution in [2.24, 2.45) is 0 Å². The number of nitrogens with one attached hydrogen (secondary N) is 1. The lowest BCUT2D eigenvalue weighted by Crippen LogP contribution is -2.59. The van der Waals surface area contributed by atoms with Crippen LogP contribution in [0.1, 0.15) is 52.4 Å². The molecule has 4 aromatic rings. The maximum absolute atomic E-state index is 16.7. The smallest absolute Gasteiger partial charge is 0.319 e. The van der Waals surface area contributed by atoms with E-state index in [4.69, 9.17) is 36.2 Å². The van der Waals surface area contributed by atoms with Crippen molar-refractivity contribution in [2.45, 2.75) is 70.0 Å². The number of halogens is 2. The van der Waals surface area contributed by atoms with Crippen molar-refractivity contribution >= 4 is 39.1 Å². The molecule has 2 atom stereocenters. The molecule has 9 nitrogen and oxygen atoms in total. The number of hydroxylamine groups is 3. The Morgan fingerprint density at radius 3 is 2.47 bits per heavy atom.